The average molecular weight is 292 g/mol. The SMILES string of the molecule is COCCOc1cc(C)ccc1NC(=O)[C@@H]1CNC[C@H]1C. The first-order valence-corrected chi connectivity index (χ1v) is 7.35. The number of aryl methyl sites for hydroxylation is 1. The van der Waals surface area contributed by atoms with Crippen LogP contribution in [-0.4, -0.2) is 39.3 Å². The fourth-order valence-electron chi connectivity index (χ4n) is 2.47. The van der Waals surface area contributed by atoms with Crippen LogP contribution in [0.4, 0.5) is 5.69 Å². The number of benzene rings is 1. The van der Waals surface area contributed by atoms with E-state index in [9.17, 15) is 4.79 Å². The summed E-state index contributed by atoms with van der Waals surface area (Å²) in [6.45, 7) is 6.70. The molecule has 1 aromatic rings. The average Bonchev–Trinajstić information content (AvgIpc) is 2.88. The van der Waals surface area contributed by atoms with Gasteiger partial charge in [0.1, 0.15) is 12.4 Å². The van der Waals surface area contributed by atoms with Crippen LogP contribution in [0.2, 0.25) is 0 Å². The Balaban J connectivity index is 2.05. The second kappa shape index (κ2) is 7.43. The molecule has 1 saturated heterocycles. The molecule has 1 heterocycles. The summed E-state index contributed by atoms with van der Waals surface area (Å²) in [5, 5.41) is 6.24. The fourth-order valence-corrected chi connectivity index (χ4v) is 2.47. The molecule has 5 nitrogen and oxygen atoms in total. The van der Waals surface area contributed by atoms with Gasteiger partial charge in [0.25, 0.3) is 0 Å². The summed E-state index contributed by atoms with van der Waals surface area (Å²) >= 11 is 0. The van der Waals surface area contributed by atoms with Crippen LogP contribution in [0.25, 0.3) is 0 Å². The first kappa shape index (κ1) is 15.8. The number of rotatable bonds is 6. The van der Waals surface area contributed by atoms with Crippen molar-refractivity contribution in [3.05, 3.63) is 23.8 Å². The van der Waals surface area contributed by atoms with Crippen molar-refractivity contribution in [1.82, 2.24) is 5.32 Å². The van der Waals surface area contributed by atoms with Crippen LogP contribution >= 0.6 is 0 Å². The van der Waals surface area contributed by atoms with E-state index in [-0.39, 0.29) is 11.8 Å². The van der Waals surface area contributed by atoms with E-state index in [1.165, 1.54) is 0 Å². The Kier molecular flexibility index (Phi) is 5.59. The molecule has 1 fully saturated rings. The summed E-state index contributed by atoms with van der Waals surface area (Å²) < 4.78 is 10.7. The van der Waals surface area contributed by atoms with Crippen LogP contribution in [-0.2, 0) is 9.53 Å². The fraction of sp³-hybridized carbons (Fsp3) is 0.562. The molecule has 1 amide bonds. The molecule has 0 bridgehead atoms. The smallest absolute Gasteiger partial charge is 0.229 e. The molecule has 0 saturated carbocycles. The van der Waals surface area contributed by atoms with Crippen LogP contribution in [0, 0.1) is 18.8 Å². The lowest BCUT2D eigenvalue weighted by molar-refractivity contribution is -0.120. The summed E-state index contributed by atoms with van der Waals surface area (Å²) in [6.07, 6.45) is 0. The molecule has 1 aliphatic rings. The molecule has 1 aromatic carbocycles. The normalized spacial score (nSPS) is 21.3. The van der Waals surface area contributed by atoms with Gasteiger partial charge in [0, 0.05) is 13.7 Å². The Morgan fingerprint density at radius 2 is 2.19 bits per heavy atom. The number of hydrogen-bond acceptors (Lipinski definition) is 4. The summed E-state index contributed by atoms with van der Waals surface area (Å²) in [7, 11) is 1.64. The lowest BCUT2D eigenvalue weighted by Crippen LogP contribution is -2.28. The second-order valence-electron chi connectivity index (χ2n) is 5.57. The zero-order valence-electron chi connectivity index (χ0n) is 12.9. The molecule has 5 heteroatoms. The van der Waals surface area contributed by atoms with Crippen molar-refractivity contribution in [3.8, 4) is 5.75 Å². The van der Waals surface area contributed by atoms with E-state index in [1.807, 2.05) is 25.1 Å². The van der Waals surface area contributed by atoms with E-state index in [0.717, 1.165) is 24.3 Å². The minimum atomic E-state index is 0.0122. The van der Waals surface area contributed by atoms with Crippen molar-refractivity contribution in [2.45, 2.75) is 13.8 Å². The van der Waals surface area contributed by atoms with Crippen LogP contribution in [0.1, 0.15) is 12.5 Å². The van der Waals surface area contributed by atoms with Gasteiger partial charge in [-0.05, 0) is 37.1 Å². The summed E-state index contributed by atoms with van der Waals surface area (Å²) in [4.78, 5) is 12.4. The topological polar surface area (TPSA) is 59.6 Å². The predicted octanol–water partition coefficient (Wildman–Crippen LogP) is 1.81. The zero-order valence-corrected chi connectivity index (χ0v) is 12.9. The molecular formula is C16H24N2O3. The maximum atomic E-state index is 12.4. The third-order valence-electron chi connectivity index (χ3n) is 3.79. The Hall–Kier alpha value is -1.59. The van der Waals surface area contributed by atoms with E-state index < -0.39 is 0 Å². The highest BCUT2D eigenvalue weighted by molar-refractivity contribution is 5.94. The third kappa shape index (κ3) is 4.19. The molecule has 116 valence electrons. The maximum absolute atomic E-state index is 12.4. The molecule has 0 aliphatic carbocycles. The van der Waals surface area contributed by atoms with Crippen molar-refractivity contribution in [1.29, 1.82) is 0 Å². The highest BCUT2D eigenvalue weighted by Gasteiger charge is 2.29. The Morgan fingerprint density at radius 3 is 2.86 bits per heavy atom. The van der Waals surface area contributed by atoms with Gasteiger partial charge < -0.3 is 20.1 Å². The van der Waals surface area contributed by atoms with E-state index in [2.05, 4.69) is 17.6 Å². The van der Waals surface area contributed by atoms with Gasteiger partial charge in [-0.1, -0.05) is 13.0 Å². The minimum Gasteiger partial charge on any atom is -0.489 e. The molecule has 2 N–H and O–H groups in total. The molecule has 1 aliphatic heterocycles. The number of nitrogens with one attached hydrogen (secondary N) is 2. The van der Waals surface area contributed by atoms with Crippen molar-refractivity contribution in [3.63, 3.8) is 0 Å². The van der Waals surface area contributed by atoms with Gasteiger partial charge in [0.2, 0.25) is 5.91 Å². The number of carbonyl (C=O) groups is 1. The molecule has 0 radical (unpaired) electrons. The van der Waals surface area contributed by atoms with E-state index in [1.54, 1.807) is 7.11 Å². The lowest BCUT2D eigenvalue weighted by atomic mass is 9.97. The van der Waals surface area contributed by atoms with Gasteiger partial charge in [-0.25, -0.2) is 0 Å². The number of amides is 1. The highest BCUT2D eigenvalue weighted by Crippen LogP contribution is 2.27. The number of anilines is 1. The first-order valence-electron chi connectivity index (χ1n) is 7.35. The summed E-state index contributed by atoms with van der Waals surface area (Å²) in [6, 6.07) is 5.79. The second-order valence-corrected chi connectivity index (χ2v) is 5.57. The van der Waals surface area contributed by atoms with Crippen molar-refractivity contribution < 1.29 is 14.3 Å². The Bertz CT molecular complexity index is 490. The van der Waals surface area contributed by atoms with Crippen LogP contribution < -0.4 is 15.4 Å². The monoisotopic (exact) mass is 292 g/mol. The maximum Gasteiger partial charge on any atom is 0.229 e. The number of carbonyl (C=O) groups excluding carboxylic acids is 1. The lowest BCUT2D eigenvalue weighted by Gasteiger charge is -2.17. The van der Waals surface area contributed by atoms with Gasteiger partial charge in [-0.3, -0.25) is 4.79 Å². The molecular weight excluding hydrogens is 268 g/mol. The summed E-state index contributed by atoms with van der Waals surface area (Å²) in [5.41, 5.74) is 1.82. The van der Waals surface area contributed by atoms with Crippen molar-refractivity contribution in [2.24, 2.45) is 11.8 Å². The molecule has 2 rings (SSSR count). The molecule has 21 heavy (non-hydrogen) atoms. The largest absolute Gasteiger partial charge is 0.489 e. The minimum absolute atomic E-state index is 0.0122. The molecule has 0 unspecified atom stereocenters. The van der Waals surface area contributed by atoms with Gasteiger partial charge in [0.05, 0.1) is 18.2 Å². The number of ether oxygens (including phenoxy) is 2. The first-order chi connectivity index (χ1) is 10.1. The van der Waals surface area contributed by atoms with Crippen molar-refractivity contribution >= 4 is 11.6 Å². The number of hydrogen-bond donors (Lipinski definition) is 2. The Morgan fingerprint density at radius 1 is 1.38 bits per heavy atom. The standard InChI is InChI=1S/C16H24N2O3/c1-11-4-5-14(15(8-11)21-7-6-20-3)18-16(19)13-10-17-9-12(13)2/h4-5,8,12-13,17H,6-7,9-10H2,1-3H3,(H,18,19)/t12-,13-/m1/s1. The predicted molar refractivity (Wildman–Crippen MR) is 82.7 cm³/mol. The van der Waals surface area contributed by atoms with Crippen LogP contribution in [0.3, 0.4) is 0 Å². The van der Waals surface area contributed by atoms with Crippen LogP contribution in [0.15, 0.2) is 18.2 Å². The van der Waals surface area contributed by atoms with E-state index in [4.69, 9.17) is 9.47 Å². The Labute approximate surface area is 126 Å². The van der Waals surface area contributed by atoms with Gasteiger partial charge >= 0.3 is 0 Å². The zero-order chi connectivity index (χ0) is 15.2. The summed E-state index contributed by atoms with van der Waals surface area (Å²) in [5.74, 6) is 1.11. The number of methoxy groups -OCH3 is 1. The van der Waals surface area contributed by atoms with Gasteiger partial charge in [-0.2, -0.15) is 0 Å². The van der Waals surface area contributed by atoms with E-state index >= 15 is 0 Å². The van der Waals surface area contributed by atoms with Gasteiger partial charge in [0.15, 0.2) is 0 Å². The molecule has 2 atom stereocenters. The van der Waals surface area contributed by atoms with Gasteiger partial charge in [-0.15, -0.1) is 0 Å². The highest BCUT2D eigenvalue weighted by atomic mass is 16.5. The quantitative estimate of drug-likeness (QED) is 0.785. The van der Waals surface area contributed by atoms with Crippen LogP contribution in [0.5, 0.6) is 5.75 Å². The van der Waals surface area contributed by atoms with E-state index in [0.29, 0.717) is 24.9 Å². The molecule has 0 spiro atoms. The third-order valence-corrected chi connectivity index (χ3v) is 3.79. The van der Waals surface area contributed by atoms with Crippen molar-refractivity contribution in [2.75, 3.05) is 38.7 Å². The molecule has 0 aromatic heterocycles.